The number of aromatic nitrogens is 2. The fourth-order valence-corrected chi connectivity index (χ4v) is 4.31. The van der Waals surface area contributed by atoms with Gasteiger partial charge in [-0.15, -0.1) is 0 Å². The van der Waals surface area contributed by atoms with Crippen LogP contribution in [0.3, 0.4) is 0 Å². The highest BCUT2D eigenvalue weighted by Gasteiger charge is 2.32. The van der Waals surface area contributed by atoms with E-state index in [0.29, 0.717) is 30.3 Å². The number of unbranched alkanes of at least 4 members (excludes halogenated alkanes) is 2. The third-order valence-corrected chi connectivity index (χ3v) is 6.31. The highest BCUT2D eigenvalue weighted by atomic mass is 16.4. The Morgan fingerprint density at radius 3 is 2.76 bits per heavy atom. The quantitative estimate of drug-likeness (QED) is 0.433. The summed E-state index contributed by atoms with van der Waals surface area (Å²) >= 11 is 0. The van der Waals surface area contributed by atoms with Crippen molar-refractivity contribution in [3.63, 3.8) is 0 Å². The molecule has 1 saturated heterocycles. The molecule has 174 valence electrons. The lowest BCUT2D eigenvalue weighted by Crippen LogP contribution is -2.52. The third-order valence-electron chi connectivity index (χ3n) is 6.31. The summed E-state index contributed by atoms with van der Waals surface area (Å²) in [7, 11) is 2.01. The van der Waals surface area contributed by atoms with Crippen LogP contribution < -0.4 is 5.32 Å². The molecule has 0 bridgehead atoms. The zero-order valence-electron chi connectivity index (χ0n) is 19.4. The van der Waals surface area contributed by atoms with Gasteiger partial charge in [-0.1, -0.05) is 38.0 Å². The first-order valence-corrected chi connectivity index (χ1v) is 11.9. The van der Waals surface area contributed by atoms with Gasteiger partial charge in [-0.25, -0.2) is 4.98 Å². The Morgan fingerprint density at radius 1 is 1.15 bits per heavy atom. The van der Waals surface area contributed by atoms with Crippen LogP contribution >= 0.6 is 0 Å². The predicted octanol–water partition coefficient (Wildman–Crippen LogP) is 4.54. The molecule has 3 aromatic rings. The van der Waals surface area contributed by atoms with Crippen LogP contribution in [0, 0.1) is 5.92 Å². The van der Waals surface area contributed by atoms with Gasteiger partial charge in [0.25, 0.3) is 0 Å². The van der Waals surface area contributed by atoms with E-state index in [1.54, 1.807) is 12.4 Å². The van der Waals surface area contributed by atoms with E-state index in [2.05, 4.69) is 20.2 Å². The number of ketones is 1. The minimum atomic E-state index is -0.290. The number of carbonyl (C=O) groups excluding carboxylic acids is 2. The van der Waals surface area contributed by atoms with E-state index in [0.717, 1.165) is 55.2 Å². The Balaban J connectivity index is 1.48. The lowest BCUT2D eigenvalue weighted by molar-refractivity contribution is -0.130. The van der Waals surface area contributed by atoms with Crippen molar-refractivity contribution in [1.82, 2.24) is 20.2 Å². The number of oxazole rings is 1. The Morgan fingerprint density at radius 2 is 1.97 bits per heavy atom. The molecule has 0 radical (unpaired) electrons. The van der Waals surface area contributed by atoms with Crippen LogP contribution in [0.2, 0.25) is 0 Å². The van der Waals surface area contributed by atoms with Crippen LogP contribution in [0.5, 0.6) is 0 Å². The molecule has 1 N–H and O–H groups in total. The number of nitrogens with zero attached hydrogens (tertiary/aromatic N) is 3. The monoisotopic (exact) mass is 448 g/mol. The summed E-state index contributed by atoms with van der Waals surface area (Å²) in [4.78, 5) is 35.5. The fraction of sp³-hybridized carbons (Fsp3) is 0.462. The highest BCUT2D eigenvalue weighted by Crippen LogP contribution is 2.30. The van der Waals surface area contributed by atoms with Crippen LogP contribution in [0.25, 0.3) is 22.2 Å². The molecule has 2 aromatic heterocycles. The Bertz CT molecular complexity index is 1100. The minimum absolute atomic E-state index is 0.0105. The van der Waals surface area contributed by atoms with Gasteiger partial charge in [-0.2, -0.15) is 0 Å². The molecular weight excluding hydrogens is 416 g/mol. The van der Waals surface area contributed by atoms with Gasteiger partial charge >= 0.3 is 0 Å². The summed E-state index contributed by atoms with van der Waals surface area (Å²) in [6, 6.07) is 9.61. The van der Waals surface area contributed by atoms with Crippen LogP contribution in [0.4, 0.5) is 0 Å². The van der Waals surface area contributed by atoms with Gasteiger partial charge in [0.05, 0.1) is 17.6 Å². The number of pyridine rings is 1. The number of nitrogens with one attached hydrogen (secondary N) is 1. The van der Waals surface area contributed by atoms with E-state index in [1.165, 1.54) is 0 Å². The average molecular weight is 449 g/mol. The van der Waals surface area contributed by atoms with Crippen LogP contribution in [-0.4, -0.2) is 46.7 Å². The normalized spacial score (nSPS) is 15.3. The maximum atomic E-state index is 12.8. The number of amides is 1. The average Bonchev–Trinajstić information content (AvgIpc) is 3.30. The lowest BCUT2D eigenvalue weighted by Gasteiger charge is -2.35. The van der Waals surface area contributed by atoms with Gasteiger partial charge in [0, 0.05) is 43.1 Å². The number of Topliss-reactive ketones (excluding diaryl/α,β-unsaturated/α-hetero) is 1. The topological polar surface area (TPSA) is 88.3 Å². The van der Waals surface area contributed by atoms with Gasteiger partial charge in [-0.05, 0) is 32.0 Å². The molecule has 1 atom stereocenters. The van der Waals surface area contributed by atoms with Crippen molar-refractivity contribution in [3.8, 4) is 11.3 Å². The van der Waals surface area contributed by atoms with Gasteiger partial charge in [0.2, 0.25) is 11.8 Å². The largest absolute Gasteiger partial charge is 0.438 e. The Hall–Kier alpha value is -3.06. The smallest absolute Gasteiger partial charge is 0.226 e. The molecule has 1 unspecified atom stereocenters. The molecule has 1 aliphatic rings. The lowest BCUT2D eigenvalue weighted by atomic mass is 9.99. The maximum absolute atomic E-state index is 12.8. The number of hydrogen-bond acceptors (Lipinski definition) is 6. The molecular formula is C26H32N4O3. The molecule has 7 nitrogen and oxygen atoms in total. The van der Waals surface area contributed by atoms with Crippen LogP contribution in [-0.2, 0) is 9.59 Å². The first-order valence-electron chi connectivity index (χ1n) is 11.9. The van der Waals surface area contributed by atoms with Gasteiger partial charge in [0.15, 0.2) is 5.76 Å². The molecule has 1 aliphatic heterocycles. The van der Waals surface area contributed by atoms with Gasteiger partial charge < -0.3 is 14.6 Å². The van der Waals surface area contributed by atoms with E-state index in [-0.39, 0.29) is 17.9 Å². The van der Waals surface area contributed by atoms with E-state index >= 15 is 0 Å². The molecule has 4 rings (SSSR count). The Kier molecular flexibility index (Phi) is 7.50. The standard InChI is InChI=1S/C26H32N4O3/c1-3-20(31)11-5-4-6-13-22(29-25(32)19-16-30(2)17-19)26-28-15-23(33-26)21-12-7-9-18-10-8-14-27-24(18)21/h7-10,12,14-15,19,22H,3-6,11,13,16-17H2,1-2H3,(H,29,32). The molecule has 0 aliphatic carbocycles. The van der Waals surface area contributed by atoms with Crippen molar-refractivity contribution >= 4 is 22.6 Å². The number of benzene rings is 1. The molecule has 1 aromatic carbocycles. The predicted molar refractivity (Wildman–Crippen MR) is 127 cm³/mol. The third kappa shape index (κ3) is 5.66. The summed E-state index contributed by atoms with van der Waals surface area (Å²) in [5.41, 5.74) is 1.75. The number of fused-ring (bicyclic) bond motifs is 1. The molecule has 33 heavy (non-hydrogen) atoms. The highest BCUT2D eigenvalue weighted by molar-refractivity contribution is 5.91. The number of likely N-dealkylation sites (tertiary alicyclic amines) is 1. The summed E-state index contributed by atoms with van der Waals surface area (Å²) < 4.78 is 6.18. The van der Waals surface area contributed by atoms with Crippen LogP contribution in [0.15, 0.2) is 47.1 Å². The summed E-state index contributed by atoms with van der Waals surface area (Å²) in [6.07, 6.45) is 8.13. The van der Waals surface area contributed by atoms with Crippen molar-refractivity contribution in [2.24, 2.45) is 5.92 Å². The first-order chi connectivity index (χ1) is 16.0. The molecule has 0 saturated carbocycles. The fourth-order valence-electron chi connectivity index (χ4n) is 4.31. The maximum Gasteiger partial charge on any atom is 0.226 e. The first kappa shape index (κ1) is 23.1. The molecule has 3 heterocycles. The van der Waals surface area contributed by atoms with E-state index in [1.807, 2.05) is 44.3 Å². The van der Waals surface area contributed by atoms with Crippen molar-refractivity contribution in [2.45, 2.75) is 51.5 Å². The second kappa shape index (κ2) is 10.7. The number of para-hydroxylation sites is 1. The number of rotatable bonds is 11. The minimum Gasteiger partial charge on any atom is -0.438 e. The van der Waals surface area contributed by atoms with E-state index in [4.69, 9.17) is 4.42 Å². The van der Waals surface area contributed by atoms with Crippen molar-refractivity contribution in [1.29, 1.82) is 0 Å². The zero-order valence-corrected chi connectivity index (χ0v) is 19.4. The molecule has 0 spiro atoms. The zero-order chi connectivity index (χ0) is 23.2. The summed E-state index contributed by atoms with van der Waals surface area (Å²) in [5.74, 6) is 1.52. The number of hydrogen-bond donors (Lipinski definition) is 1. The summed E-state index contributed by atoms with van der Waals surface area (Å²) in [5, 5.41) is 4.20. The number of carbonyl (C=O) groups is 2. The second-order valence-corrected chi connectivity index (χ2v) is 8.91. The molecule has 7 heteroatoms. The molecule has 1 fully saturated rings. The van der Waals surface area contributed by atoms with Crippen molar-refractivity contribution in [3.05, 3.63) is 48.6 Å². The van der Waals surface area contributed by atoms with Gasteiger partial charge in [0.1, 0.15) is 11.8 Å². The van der Waals surface area contributed by atoms with Gasteiger partial charge in [-0.3, -0.25) is 14.6 Å². The van der Waals surface area contributed by atoms with E-state index in [9.17, 15) is 9.59 Å². The van der Waals surface area contributed by atoms with Crippen LogP contribution in [0.1, 0.15) is 57.4 Å². The Labute approximate surface area is 194 Å². The SMILES string of the molecule is CCC(=O)CCCCCC(NC(=O)C1CN(C)C1)c1ncc(-c2cccc3cccnc23)o1. The molecule has 1 amide bonds. The second-order valence-electron chi connectivity index (χ2n) is 8.91. The van der Waals surface area contributed by atoms with Crippen molar-refractivity contribution in [2.75, 3.05) is 20.1 Å². The van der Waals surface area contributed by atoms with E-state index < -0.39 is 0 Å². The van der Waals surface area contributed by atoms with Crippen molar-refractivity contribution < 1.29 is 14.0 Å². The summed E-state index contributed by atoms with van der Waals surface area (Å²) in [6.45, 7) is 3.45.